The Hall–Kier alpha value is -1.11. The van der Waals surface area contributed by atoms with Crippen LogP contribution in [0.2, 0.25) is 0 Å². The number of rotatable bonds is 0. The van der Waals surface area contributed by atoms with Crippen molar-refractivity contribution >= 4 is 22.9 Å². The summed E-state index contributed by atoms with van der Waals surface area (Å²) >= 11 is -2.61. The number of allylic oxidation sites excluding steroid dienone is 4. The van der Waals surface area contributed by atoms with Crippen LogP contribution in [0.15, 0.2) is 24.3 Å². The standard InChI is InChI=1S/C6H4O2.H2O3S/c7-5-1-2-6(8)4-3-5;1-4(2)3/h1-4H;(H2,1,2,3). The Kier molecular flexibility index (Phi) is 5.02. The van der Waals surface area contributed by atoms with Crippen molar-refractivity contribution in [2.24, 2.45) is 0 Å². The zero-order valence-electron chi connectivity index (χ0n) is 5.84. The summed E-state index contributed by atoms with van der Waals surface area (Å²) in [6.45, 7) is 0. The van der Waals surface area contributed by atoms with E-state index in [1.807, 2.05) is 0 Å². The Bertz CT molecular complexity index is 223. The van der Waals surface area contributed by atoms with E-state index in [9.17, 15) is 9.59 Å². The third-order valence-electron chi connectivity index (χ3n) is 0.824. The number of carbonyl (C=O) groups is 2. The van der Waals surface area contributed by atoms with E-state index in [1.54, 1.807) is 0 Å². The van der Waals surface area contributed by atoms with E-state index in [0.717, 1.165) is 0 Å². The fourth-order valence-electron chi connectivity index (χ4n) is 0.440. The molecule has 0 spiro atoms. The quantitative estimate of drug-likeness (QED) is 0.412. The molecular weight excluding hydrogens is 184 g/mol. The van der Waals surface area contributed by atoms with Crippen molar-refractivity contribution in [3.8, 4) is 0 Å². The van der Waals surface area contributed by atoms with E-state index in [4.69, 9.17) is 13.3 Å². The number of hydrogen-bond acceptors (Lipinski definition) is 3. The summed E-state index contributed by atoms with van der Waals surface area (Å²) in [5.41, 5.74) is 0. The van der Waals surface area contributed by atoms with Crippen LogP contribution in [0.5, 0.6) is 0 Å². The summed E-state index contributed by atoms with van der Waals surface area (Å²) in [5.74, 6) is -0.241. The van der Waals surface area contributed by atoms with E-state index < -0.39 is 11.4 Å². The van der Waals surface area contributed by atoms with Gasteiger partial charge in [0.15, 0.2) is 11.6 Å². The van der Waals surface area contributed by atoms with Crippen molar-refractivity contribution in [3.05, 3.63) is 24.3 Å². The molecule has 0 unspecified atom stereocenters. The molecule has 1 aliphatic rings. The van der Waals surface area contributed by atoms with Gasteiger partial charge in [0, 0.05) is 0 Å². The van der Waals surface area contributed by atoms with Crippen LogP contribution in [-0.2, 0) is 21.0 Å². The number of ketones is 2. The predicted octanol–water partition coefficient (Wildman–Crippen LogP) is -0.0683. The summed E-state index contributed by atoms with van der Waals surface area (Å²) in [6.07, 6.45) is 5.01. The molecule has 0 saturated carbocycles. The number of carbonyl (C=O) groups excluding carboxylic acids is 2. The first kappa shape index (κ1) is 10.9. The molecule has 1 rings (SSSR count). The monoisotopic (exact) mass is 190 g/mol. The molecule has 0 atom stereocenters. The summed E-state index contributed by atoms with van der Waals surface area (Å²) in [5, 5.41) is 0. The minimum absolute atomic E-state index is 0.121. The second kappa shape index (κ2) is 5.53. The first-order chi connectivity index (χ1) is 5.52. The first-order valence-electron chi connectivity index (χ1n) is 2.76. The lowest BCUT2D eigenvalue weighted by atomic mass is 10.2. The lowest BCUT2D eigenvalue weighted by Gasteiger charge is -1.87. The van der Waals surface area contributed by atoms with Crippen molar-refractivity contribution in [3.63, 3.8) is 0 Å². The molecule has 6 heteroatoms. The highest BCUT2D eigenvalue weighted by atomic mass is 32.2. The van der Waals surface area contributed by atoms with E-state index >= 15 is 0 Å². The van der Waals surface area contributed by atoms with E-state index in [1.165, 1.54) is 24.3 Å². The SMILES string of the molecule is O=C1C=CC(=O)C=C1.O=S(O)O. The van der Waals surface area contributed by atoms with Crippen molar-refractivity contribution in [2.45, 2.75) is 0 Å². The third kappa shape index (κ3) is 7.00. The van der Waals surface area contributed by atoms with E-state index in [-0.39, 0.29) is 11.6 Å². The normalized spacial score (nSPS) is 14.6. The van der Waals surface area contributed by atoms with Gasteiger partial charge in [0.2, 0.25) is 0 Å². The highest BCUT2D eigenvalue weighted by molar-refractivity contribution is 7.73. The summed E-state index contributed by atoms with van der Waals surface area (Å²) in [7, 11) is 0. The summed E-state index contributed by atoms with van der Waals surface area (Å²) in [4.78, 5) is 20.6. The van der Waals surface area contributed by atoms with Gasteiger partial charge in [0.1, 0.15) is 0 Å². The Morgan fingerprint density at radius 1 is 0.917 bits per heavy atom. The molecule has 0 aromatic heterocycles. The van der Waals surface area contributed by atoms with Crippen molar-refractivity contribution in [1.82, 2.24) is 0 Å². The Labute approximate surface area is 70.9 Å². The summed E-state index contributed by atoms with van der Waals surface area (Å²) < 4.78 is 22.8. The van der Waals surface area contributed by atoms with Gasteiger partial charge >= 0.3 is 0 Å². The maximum absolute atomic E-state index is 10.3. The van der Waals surface area contributed by atoms with Crippen LogP contribution in [-0.4, -0.2) is 24.9 Å². The van der Waals surface area contributed by atoms with Crippen LogP contribution in [0.3, 0.4) is 0 Å². The van der Waals surface area contributed by atoms with Gasteiger partial charge in [0.25, 0.3) is 11.4 Å². The highest BCUT2D eigenvalue weighted by Crippen LogP contribution is 1.90. The zero-order valence-corrected chi connectivity index (χ0v) is 6.65. The zero-order chi connectivity index (χ0) is 9.56. The van der Waals surface area contributed by atoms with Gasteiger partial charge in [-0.2, -0.15) is 4.21 Å². The fourth-order valence-corrected chi connectivity index (χ4v) is 0.440. The lowest BCUT2D eigenvalue weighted by molar-refractivity contribution is -0.113. The maximum atomic E-state index is 10.3. The second-order valence-corrected chi connectivity index (χ2v) is 2.16. The average molecular weight is 190 g/mol. The number of hydrogen-bond donors (Lipinski definition) is 2. The minimum Gasteiger partial charge on any atom is -0.290 e. The molecule has 5 nitrogen and oxygen atoms in total. The predicted molar refractivity (Wildman–Crippen MR) is 41.7 cm³/mol. The molecule has 0 fully saturated rings. The lowest BCUT2D eigenvalue weighted by Crippen LogP contribution is -1.97. The molecule has 0 aromatic rings. The van der Waals surface area contributed by atoms with Crippen LogP contribution in [0, 0.1) is 0 Å². The third-order valence-corrected chi connectivity index (χ3v) is 0.824. The molecule has 0 aromatic carbocycles. The molecule has 0 amide bonds. The Morgan fingerprint density at radius 3 is 1.25 bits per heavy atom. The Balaban J connectivity index is 0.000000261. The van der Waals surface area contributed by atoms with Crippen LogP contribution in [0.1, 0.15) is 0 Å². The van der Waals surface area contributed by atoms with Gasteiger partial charge in [-0.25, -0.2) is 0 Å². The van der Waals surface area contributed by atoms with Gasteiger partial charge in [-0.1, -0.05) is 0 Å². The average Bonchev–Trinajstić information content (AvgIpc) is 1.94. The van der Waals surface area contributed by atoms with Gasteiger partial charge in [-0.15, -0.1) is 0 Å². The smallest absolute Gasteiger partial charge is 0.290 e. The van der Waals surface area contributed by atoms with Crippen LogP contribution >= 0.6 is 0 Å². The molecule has 66 valence electrons. The molecular formula is C6H6O5S. The molecule has 1 aliphatic carbocycles. The Morgan fingerprint density at radius 2 is 1.08 bits per heavy atom. The van der Waals surface area contributed by atoms with Crippen LogP contribution in [0.25, 0.3) is 0 Å². The summed E-state index contributed by atoms with van der Waals surface area (Å²) in [6, 6.07) is 0. The van der Waals surface area contributed by atoms with Gasteiger partial charge in [-0.05, 0) is 24.3 Å². The molecule has 0 heterocycles. The molecule has 0 saturated heterocycles. The highest BCUT2D eigenvalue weighted by Gasteiger charge is 1.97. The van der Waals surface area contributed by atoms with Crippen LogP contribution in [0.4, 0.5) is 0 Å². The van der Waals surface area contributed by atoms with Crippen molar-refractivity contribution < 1.29 is 22.9 Å². The first-order valence-corrected chi connectivity index (χ1v) is 3.83. The molecule has 2 N–H and O–H groups in total. The van der Waals surface area contributed by atoms with Gasteiger partial charge in [-0.3, -0.25) is 18.7 Å². The van der Waals surface area contributed by atoms with E-state index in [2.05, 4.69) is 0 Å². The van der Waals surface area contributed by atoms with Crippen molar-refractivity contribution in [1.29, 1.82) is 0 Å². The van der Waals surface area contributed by atoms with E-state index in [0.29, 0.717) is 0 Å². The molecule has 0 aliphatic heterocycles. The largest absolute Gasteiger partial charge is 0.299 e. The van der Waals surface area contributed by atoms with Gasteiger partial charge in [0.05, 0.1) is 0 Å². The topological polar surface area (TPSA) is 91.7 Å². The molecule has 0 bridgehead atoms. The van der Waals surface area contributed by atoms with Crippen molar-refractivity contribution in [2.75, 3.05) is 0 Å². The minimum atomic E-state index is -2.61. The fraction of sp³-hybridized carbons (Fsp3) is 0. The maximum Gasteiger partial charge on any atom is 0.299 e. The van der Waals surface area contributed by atoms with Crippen LogP contribution < -0.4 is 0 Å². The molecule has 0 radical (unpaired) electrons. The second-order valence-electron chi connectivity index (χ2n) is 1.70. The molecule has 12 heavy (non-hydrogen) atoms. The van der Waals surface area contributed by atoms with Gasteiger partial charge < -0.3 is 0 Å².